The number of benzene rings is 4. The van der Waals surface area contributed by atoms with Gasteiger partial charge in [-0.2, -0.15) is 0 Å². The molecule has 4 aromatic carbocycles. The summed E-state index contributed by atoms with van der Waals surface area (Å²) in [6, 6.07) is 35.1. The maximum atomic E-state index is 15.2. The van der Waals surface area contributed by atoms with Crippen LogP contribution in [-0.2, 0) is 5.41 Å². The fraction of sp³-hybridized carbons (Fsp3) is 0.0811. The van der Waals surface area contributed by atoms with Crippen LogP contribution in [0.15, 0.2) is 121 Å². The molecule has 6 rings (SSSR count). The van der Waals surface area contributed by atoms with E-state index in [1.165, 1.54) is 18.2 Å². The van der Waals surface area contributed by atoms with E-state index < -0.39 is 22.9 Å². The molecule has 0 N–H and O–H groups in total. The molecule has 6 aromatic rings. The van der Waals surface area contributed by atoms with Crippen molar-refractivity contribution >= 4 is 11.6 Å². The van der Waals surface area contributed by atoms with Gasteiger partial charge in [-0.15, -0.1) is 0 Å². The molecule has 0 radical (unpaired) electrons. The molecule has 0 spiro atoms. The molecule has 212 valence electrons. The minimum Gasteiger partial charge on any atom is -0.252 e. The van der Waals surface area contributed by atoms with Gasteiger partial charge in [0.05, 0.1) is 22.8 Å². The van der Waals surface area contributed by atoms with Gasteiger partial charge < -0.3 is 0 Å². The Morgan fingerprint density at radius 3 is 1.44 bits per heavy atom. The molecule has 0 atom stereocenters. The molecular weight excluding hydrogens is 565 g/mol. The van der Waals surface area contributed by atoms with Gasteiger partial charge in [0.25, 0.3) is 0 Å². The molecule has 2 heterocycles. The second kappa shape index (κ2) is 11.5. The van der Waals surface area contributed by atoms with Gasteiger partial charge in [-0.1, -0.05) is 72.3 Å². The molecular formula is C37H26ClF3N2. The van der Waals surface area contributed by atoms with E-state index in [1.807, 2.05) is 92.7 Å². The number of aromatic nitrogens is 2. The highest BCUT2D eigenvalue weighted by atomic mass is 35.5. The van der Waals surface area contributed by atoms with Gasteiger partial charge in [-0.25, -0.2) is 13.2 Å². The summed E-state index contributed by atoms with van der Waals surface area (Å²) in [7, 11) is 0. The largest absolute Gasteiger partial charge is 0.252 e. The monoisotopic (exact) mass is 590 g/mol. The standard InChI is InChI=1S/C37H26ClF3N2/c1-37(2,35-19-25(23-9-5-3-6-10-23)17-33(42-35)29-15-13-27(38)21-31(29)40)36-20-26(24-11-7-4-8-12-24)18-34(43-36)30-16-14-28(39)22-32(30)41/h3-22H,1-2H3. The summed E-state index contributed by atoms with van der Waals surface area (Å²) in [4.78, 5) is 9.86. The molecule has 0 aliphatic heterocycles. The topological polar surface area (TPSA) is 25.8 Å². The van der Waals surface area contributed by atoms with Crippen LogP contribution in [0.3, 0.4) is 0 Å². The molecule has 0 bridgehead atoms. The maximum absolute atomic E-state index is 15.2. The SMILES string of the molecule is CC(C)(c1cc(-c2ccccc2)cc(-c2ccc(F)cc2F)n1)c1cc(-c2ccccc2)cc(-c2ccc(Cl)cc2F)n1. The Hall–Kier alpha value is -4.74. The molecule has 0 saturated carbocycles. The molecule has 0 aliphatic carbocycles. The van der Waals surface area contributed by atoms with Crippen molar-refractivity contribution in [2.24, 2.45) is 0 Å². The maximum Gasteiger partial charge on any atom is 0.135 e. The molecule has 0 saturated heterocycles. The zero-order valence-corrected chi connectivity index (χ0v) is 24.2. The molecule has 6 heteroatoms. The molecule has 2 nitrogen and oxygen atoms in total. The summed E-state index contributed by atoms with van der Waals surface area (Å²) in [5.74, 6) is -1.84. The van der Waals surface area contributed by atoms with Crippen LogP contribution in [0.1, 0.15) is 25.2 Å². The van der Waals surface area contributed by atoms with Crippen molar-refractivity contribution in [3.63, 3.8) is 0 Å². The average molecular weight is 591 g/mol. The van der Waals surface area contributed by atoms with Crippen molar-refractivity contribution in [3.8, 4) is 44.8 Å². The third-order valence-corrected chi connectivity index (χ3v) is 7.79. The zero-order chi connectivity index (χ0) is 30.1. The van der Waals surface area contributed by atoms with E-state index in [0.717, 1.165) is 28.3 Å². The Kier molecular flexibility index (Phi) is 7.59. The first kappa shape index (κ1) is 28.4. The van der Waals surface area contributed by atoms with E-state index in [4.69, 9.17) is 21.6 Å². The molecule has 0 aliphatic rings. The van der Waals surface area contributed by atoms with Gasteiger partial charge >= 0.3 is 0 Å². The van der Waals surface area contributed by atoms with Gasteiger partial charge in [0.1, 0.15) is 17.5 Å². The van der Waals surface area contributed by atoms with Crippen molar-refractivity contribution in [1.29, 1.82) is 0 Å². The summed E-state index contributed by atoms with van der Waals surface area (Å²) in [6.45, 7) is 3.96. The fourth-order valence-corrected chi connectivity index (χ4v) is 5.26. The fourth-order valence-electron chi connectivity index (χ4n) is 5.10. The van der Waals surface area contributed by atoms with Crippen molar-refractivity contribution in [2.75, 3.05) is 0 Å². The number of halogens is 4. The van der Waals surface area contributed by atoms with Gasteiger partial charge in [0.15, 0.2) is 0 Å². The third-order valence-electron chi connectivity index (χ3n) is 7.56. The van der Waals surface area contributed by atoms with Crippen molar-refractivity contribution in [1.82, 2.24) is 9.97 Å². The quantitative estimate of drug-likeness (QED) is 0.193. The van der Waals surface area contributed by atoms with Crippen molar-refractivity contribution in [2.45, 2.75) is 19.3 Å². The third kappa shape index (κ3) is 5.81. The lowest BCUT2D eigenvalue weighted by molar-refractivity contribution is 0.583. The molecule has 43 heavy (non-hydrogen) atoms. The summed E-state index contributed by atoms with van der Waals surface area (Å²) < 4.78 is 44.0. The first-order valence-electron chi connectivity index (χ1n) is 13.8. The predicted octanol–water partition coefficient (Wildman–Crippen LogP) is 10.5. The Bertz CT molecular complexity index is 1800. The lowest BCUT2D eigenvalue weighted by Gasteiger charge is -2.27. The number of nitrogens with zero attached hydrogens (tertiary/aromatic N) is 2. The summed E-state index contributed by atoms with van der Waals surface area (Å²) in [5.41, 5.74) is 5.29. The molecule has 0 unspecified atom stereocenters. The summed E-state index contributed by atoms with van der Waals surface area (Å²) >= 11 is 6.05. The van der Waals surface area contributed by atoms with Gasteiger partial charge in [0, 0.05) is 27.6 Å². The Morgan fingerprint density at radius 1 is 0.512 bits per heavy atom. The molecule has 0 amide bonds. The number of hydrogen-bond acceptors (Lipinski definition) is 2. The highest BCUT2D eigenvalue weighted by Crippen LogP contribution is 2.38. The minimum absolute atomic E-state index is 0.186. The van der Waals surface area contributed by atoms with Crippen LogP contribution in [0.2, 0.25) is 5.02 Å². The minimum atomic E-state index is -0.821. The number of pyridine rings is 2. The van der Waals surface area contributed by atoms with Crippen LogP contribution in [0.5, 0.6) is 0 Å². The first-order chi connectivity index (χ1) is 20.7. The van der Waals surface area contributed by atoms with Gasteiger partial charge in [-0.05, 0) is 90.7 Å². The van der Waals surface area contributed by atoms with Gasteiger partial charge in [0.2, 0.25) is 0 Å². The van der Waals surface area contributed by atoms with Crippen LogP contribution in [0.4, 0.5) is 13.2 Å². The van der Waals surface area contributed by atoms with E-state index in [-0.39, 0.29) is 5.56 Å². The van der Waals surface area contributed by atoms with E-state index in [1.54, 1.807) is 18.2 Å². The van der Waals surface area contributed by atoms with Crippen LogP contribution >= 0.6 is 11.6 Å². The summed E-state index contributed by atoms with van der Waals surface area (Å²) in [6.07, 6.45) is 0. The van der Waals surface area contributed by atoms with Crippen LogP contribution in [0.25, 0.3) is 44.8 Å². The van der Waals surface area contributed by atoms with Crippen LogP contribution in [0, 0.1) is 17.5 Å². The lowest BCUT2D eigenvalue weighted by Crippen LogP contribution is -2.23. The van der Waals surface area contributed by atoms with Crippen LogP contribution < -0.4 is 0 Å². The van der Waals surface area contributed by atoms with Crippen molar-refractivity contribution < 1.29 is 13.2 Å². The highest BCUT2D eigenvalue weighted by molar-refractivity contribution is 6.30. The highest BCUT2D eigenvalue weighted by Gasteiger charge is 2.29. The normalized spacial score (nSPS) is 11.5. The summed E-state index contributed by atoms with van der Waals surface area (Å²) in [5, 5.41) is 0.295. The smallest absolute Gasteiger partial charge is 0.135 e. The average Bonchev–Trinajstić information content (AvgIpc) is 3.01. The molecule has 2 aromatic heterocycles. The Morgan fingerprint density at radius 2 is 0.977 bits per heavy atom. The Labute approximate surface area is 253 Å². The molecule has 0 fully saturated rings. The predicted molar refractivity (Wildman–Crippen MR) is 167 cm³/mol. The van der Waals surface area contributed by atoms with Crippen molar-refractivity contribution in [3.05, 3.63) is 155 Å². The van der Waals surface area contributed by atoms with E-state index in [0.29, 0.717) is 33.4 Å². The first-order valence-corrected chi connectivity index (χ1v) is 14.1. The van der Waals surface area contributed by atoms with Crippen LogP contribution in [-0.4, -0.2) is 9.97 Å². The van der Waals surface area contributed by atoms with E-state index in [9.17, 15) is 4.39 Å². The van der Waals surface area contributed by atoms with E-state index >= 15 is 8.78 Å². The zero-order valence-electron chi connectivity index (χ0n) is 23.5. The second-order valence-corrected chi connectivity index (χ2v) is 11.3. The Balaban J connectivity index is 1.58. The number of rotatable bonds is 6. The number of hydrogen-bond donors (Lipinski definition) is 0. The second-order valence-electron chi connectivity index (χ2n) is 10.9. The van der Waals surface area contributed by atoms with E-state index in [2.05, 4.69) is 0 Å². The van der Waals surface area contributed by atoms with Gasteiger partial charge in [-0.3, -0.25) is 9.97 Å². The lowest BCUT2D eigenvalue weighted by atomic mass is 9.82.